The molecule has 29 heavy (non-hydrogen) atoms. The van der Waals surface area contributed by atoms with Gasteiger partial charge in [-0.1, -0.05) is 23.7 Å². The fraction of sp³-hybridized carbons (Fsp3) is 0.409. The number of carbonyl (C=O) groups is 1. The third-order valence-electron chi connectivity index (χ3n) is 4.76. The van der Waals surface area contributed by atoms with E-state index in [4.69, 9.17) is 21.1 Å². The topological polar surface area (TPSA) is 62.2 Å². The van der Waals surface area contributed by atoms with E-state index >= 15 is 0 Å². The van der Waals surface area contributed by atoms with Crippen molar-refractivity contribution in [1.82, 2.24) is 9.80 Å². The Balaban J connectivity index is 1.64. The maximum Gasteiger partial charge on any atom is 0.253 e. The van der Waals surface area contributed by atoms with Gasteiger partial charge in [0, 0.05) is 44.3 Å². The molecule has 1 aliphatic rings. The molecule has 3 rings (SSSR count). The minimum absolute atomic E-state index is 0.0408. The number of hydrogen-bond acceptors (Lipinski definition) is 5. The molecule has 1 heterocycles. The van der Waals surface area contributed by atoms with E-state index in [0.717, 1.165) is 24.2 Å². The number of benzene rings is 2. The van der Waals surface area contributed by atoms with E-state index in [9.17, 15) is 9.90 Å². The lowest BCUT2D eigenvalue weighted by Gasteiger charge is -2.28. The van der Waals surface area contributed by atoms with Crippen LogP contribution in [0.4, 0.5) is 0 Å². The van der Waals surface area contributed by atoms with Crippen molar-refractivity contribution >= 4 is 17.5 Å². The molecule has 1 atom stereocenters. The predicted molar refractivity (Wildman–Crippen MR) is 114 cm³/mol. The molecule has 2 aromatic carbocycles. The van der Waals surface area contributed by atoms with Crippen molar-refractivity contribution in [3.63, 3.8) is 0 Å². The first kappa shape index (κ1) is 21.6. The van der Waals surface area contributed by atoms with Gasteiger partial charge in [0.2, 0.25) is 0 Å². The summed E-state index contributed by atoms with van der Waals surface area (Å²) >= 11 is 6.27. The van der Waals surface area contributed by atoms with Crippen molar-refractivity contribution in [2.45, 2.75) is 6.10 Å². The van der Waals surface area contributed by atoms with Crippen LogP contribution in [0, 0.1) is 0 Å². The first-order valence-corrected chi connectivity index (χ1v) is 10.0. The largest absolute Gasteiger partial charge is 0.491 e. The monoisotopic (exact) mass is 418 g/mol. The van der Waals surface area contributed by atoms with E-state index in [1.54, 1.807) is 37.2 Å². The zero-order valence-electron chi connectivity index (χ0n) is 16.8. The number of hydrogen-bond donors (Lipinski definition) is 1. The van der Waals surface area contributed by atoms with Crippen LogP contribution in [0.25, 0.3) is 11.1 Å². The van der Waals surface area contributed by atoms with Crippen LogP contribution in [0.1, 0.15) is 10.4 Å². The van der Waals surface area contributed by atoms with Gasteiger partial charge in [-0.05, 0) is 41.5 Å². The van der Waals surface area contributed by atoms with Crippen molar-refractivity contribution in [1.29, 1.82) is 0 Å². The zero-order chi connectivity index (χ0) is 20.8. The molecule has 1 saturated heterocycles. The molecule has 0 aromatic heterocycles. The van der Waals surface area contributed by atoms with Gasteiger partial charge in [0.05, 0.1) is 13.2 Å². The number of rotatable bonds is 7. The van der Waals surface area contributed by atoms with Crippen LogP contribution in [-0.2, 0) is 4.74 Å². The number of aliphatic hydroxyl groups is 1. The molecule has 0 aliphatic carbocycles. The normalized spacial score (nSPS) is 15.7. The minimum atomic E-state index is -0.591. The number of morpholine rings is 1. The van der Waals surface area contributed by atoms with Crippen molar-refractivity contribution in [3.8, 4) is 16.9 Å². The smallest absolute Gasteiger partial charge is 0.253 e. The molecule has 1 amide bonds. The molecule has 1 unspecified atom stereocenters. The number of aliphatic hydroxyl groups excluding tert-OH is 1. The van der Waals surface area contributed by atoms with E-state index in [1.165, 1.54) is 0 Å². The Kier molecular flexibility index (Phi) is 7.50. The van der Waals surface area contributed by atoms with Gasteiger partial charge in [-0.25, -0.2) is 0 Å². The van der Waals surface area contributed by atoms with Crippen LogP contribution in [0.3, 0.4) is 0 Å². The van der Waals surface area contributed by atoms with Crippen molar-refractivity contribution in [3.05, 3.63) is 53.1 Å². The number of ether oxygens (including phenoxy) is 2. The van der Waals surface area contributed by atoms with Gasteiger partial charge in [-0.15, -0.1) is 0 Å². The van der Waals surface area contributed by atoms with Gasteiger partial charge >= 0.3 is 0 Å². The van der Waals surface area contributed by atoms with Crippen molar-refractivity contribution in [2.75, 3.05) is 53.6 Å². The number of amides is 1. The Morgan fingerprint density at radius 3 is 2.52 bits per heavy atom. The lowest BCUT2D eigenvalue weighted by atomic mass is 10.0. The summed E-state index contributed by atoms with van der Waals surface area (Å²) in [4.78, 5) is 15.8. The lowest BCUT2D eigenvalue weighted by molar-refractivity contribution is 0.00466. The number of halogens is 1. The highest BCUT2D eigenvalue weighted by Crippen LogP contribution is 2.29. The summed E-state index contributed by atoms with van der Waals surface area (Å²) in [6.45, 7) is 3.79. The second kappa shape index (κ2) is 10.1. The predicted octanol–water partition coefficient (Wildman–Crippen LogP) is 2.78. The molecule has 156 valence electrons. The lowest BCUT2D eigenvalue weighted by Crippen LogP contribution is -2.42. The summed E-state index contributed by atoms with van der Waals surface area (Å²) in [6.07, 6.45) is -0.591. The second-order valence-electron chi connectivity index (χ2n) is 7.33. The van der Waals surface area contributed by atoms with Gasteiger partial charge in [0.25, 0.3) is 5.91 Å². The summed E-state index contributed by atoms with van der Waals surface area (Å²) in [6, 6.07) is 12.8. The molecule has 2 aromatic rings. The summed E-state index contributed by atoms with van der Waals surface area (Å²) in [5.41, 5.74) is 2.45. The van der Waals surface area contributed by atoms with Crippen LogP contribution in [0.15, 0.2) is 42.5 Å². The Bertz CT molecular complexity index is 820. The van der Waals surface area contributed by atoms with E-state index in [2.05, 4.69) is 4.90 Å². The fourth-order valence-corrected chi connectivity index (χ4v) is 3.43. The van der Waals surface area contributed by atoms with Crippen LogP contribution in [-0.4, -0.2) is 80.5 Å². The molecule has 1 fully saturated rings. The number of β-amino-alcohol motifs (C(OH)–C–C–N with tert-alkyl or cyclic N) is 1. The Labute approximate surface area is 176 Å². The van der Waals surface area contributed by atoms with Crippen molar-refractivity contribution < 1.29 is 19.4 Å². The zero-order valence-corrected chi connectivity index (χ0v) is 17.6. The van der Waals surface area contributed by atoms with E-state index < -0.39 is 6.10 Å². The minimum Gasteiger partial charge on any atom is -0.491 e. The molecule has 0 spiro atoms. The molecule has 7 heteroatoms. The van der Waals surface area contributed by atoms with Gasteiger partial charge in [0.1, 0.15) is 18.5 Å². The SMILES string of the molecule is CN(C)C(=O)c1ccc(-c2cc(Cl)cc(OCC(O)CN3CCOCC3)c2)cc1. The average molecular weight is 419 g/mol. The average Bonchev–Trinajstić information content (AvgIpc) is 2.72. The summed E-state index contributed by atoms with van der Waals surface area (Å²) in [5.74, 6) is 0.558. The van der Waals surface area contributed by atoms with E-state index in [1.807, 2.05) is 24.3 Å². The Hall–Kier alpha value is -2.12. The van der Waals surface area contributed by atoms with Crippen LogP contribution in [0.2, 0.25) is 5.02 Å². The number of carbonyl (C=O) groups excluding carboxylic acids is 1. The van der Waals surface area contributed by atoms with Crippen LogP contribution < -0.4 is 4.74 Å². The summed E-state index contributed by atoms with van der Waals surface area (Å²) < 4.78 is 11.1. The molecular weight excluding hydrogens is 392 g/mol. The Morgan fingerprint density at radius 2 is 1.86 bits per heavy atom. The van der Waals surface area contributed by atoms with E-state index in [-0.39, 0.29) is 12.5 Å². The van der Waals surface area contributed by atoms with Gasteiger partial charge in [-0.3, -0.25) is 9.69 Å². The summed E-state index contributed by atoms with van der Waals surface area (Å²) in [5, 5.41) is 10.8. The Morgan fingerprint density at radius 1 is 1.17 bits per heavy atom. The summed E-state index contributed by atoms with van der Waals surface area (Å²) in [7, 11) is 3.45. The molecule has 6 nitrogen and oxygen atoms in total. The van der Waals surface area contributed by atoms with Crippen LogP contribution in [0.5, 0.6) is 5.75 Å². The molecule has 0 radical (unpaired) electrons. The molecular formula is C22H27ClN2O4. The standard InChI is InChI=1S/C22H27ClN2O4/c1-24(2)22(27)17-5-3-16(4-6-17)18-11-19(23)13-21(12-18)29-15-20(26)14-25-7-9-28-10-8-25/h3-6,11-13,20,26H,7-10,14-15H2,1-2H3. The third-order valence-corrected chi connectivity index (χ3v) is 4.98. The highest BCUT2D eigenvalue weighted by atomic mass is 35.5. The second-order valence-corrected chi connectivity index (χ2v) is 7.77. The van der Waals surface area contributed by atoms with Gasteiger partial charge in [-0.2, -0.15) is 0 Å². The highest BCUT2D eigenvalue weighted by Gasteiger charge is 2.16. The van der Waals surface area contributed by atoms with Gasteiger partial charge < -0.3 is 19.5 Å². The highest BCUT2D eigenvalue weighted by molar-refractivity contribution is 6.31. The molecule has 1 aliphatic heterocycles. The van der Waals surface area contributed by atoms with E-state index in [0.29, 0.717) is 36.1 Å². The maximum atomic E-state index is 12.0. The molecule has 1 N–H and O–H groups in total. The number of nitrogens with zero attached hydrogens (tertiary/aromatic N) is 2. The van der Waals surface area contributed by atoms with Crippen molar-refractivity contribution in [2.24, 2.45) is 0 Å². The maximum absolute atomic E-state index is 12.0. The van der Waals surface area contributed by atoms with Crippen LogP contribution >= 0.6 is 11.6 Å². The molecule has 0 saturated carbocycles. The first-order valence-electron chi connectivity index (χ1n) is 9.66. The third kappa shape index (κ3) is 6.18. The molecule has 0 bridgehead atoms. The van der Waals surface area contributed by atoms with Gasteiger partial charge in [0.15, 0.2) is 0 Å². The fourth-order valence-electron chi connectivity index (χ4n) is 3.20. The first-order chi connectivity index (χ1) is 13.9. The quantitative estimate of drug-likeness (QED) is 0.749.